The van der Waals surface area contributed by atoms with Gasteiger partial charge in [0.1, 0.15) is 22.8 Å². The molecule has 3 aromatic heterocycles. The van der Waals surface area contributed by atoms with E-state index in [0.717, 1.165) is 21.9 Å². The number of nitrogens with one attached hydrogen (secondary N) is 2. The van der Waals surface area contributed by atoms with Crippen molar-refractivity contribution in [2.24, 2.45) is 0 Å². The zero-order chi connectivity index (χ0) is 26.2. The molecular weight excluding hydrogens is 482 g/mol. The summed E-state index contributed by atoms with van der Waals surface area (Å²) in [7, 11) is 1.56. The van der Waals surface area contributed by atoms with Gasteiger partial charge >= 0.3 is 0 Å². The number of pyridine rings is 1. The molecule has 0 radical (unpaired) electrons. The number of H-pyrrole nitrogens is 1. The van der Waals surface area contributed by atoms with Crippen molar-refractivity contribution < 1.29 is 24.2 Å². The highest BCUT2D eigenvalue weighted by atomic mass is 16.5. The average molecular weight is 508 g/mol. The lowest BCUT2D eigenvalue weighted by Crippen LogP contribution is -2.39. The van der Waals surface area contributed by atoms with E-state index < -0.39 is 6.04 Å². The van der Waals surface area contributed by atoms with Gasteiger partial charge in [-0.1, -0.05) is 18.2 Å². The second-order valence-electron chi connectivity index (χ2n) is 9.19. The zero-order valence-electron chi connectivity index (χ0n) is 20.6. The number of rotatable bonds is 7. The number of hydrogen-bond donors (Lipinski definition) is 4. The van der Waals surface area contributed by atoms with Gasteiger partial charge in [0.15, 0.2) is 5.76 Å². The SMILES string of the molecule is COc1ccc2nc(-c3cc4cc(O)ccc4o3)cc(C(=O)N[C@@H](CO)Cc3c[nH]c4ccccc34)c2c1. The molecule has 0 fully saturated rings. The summed E-state index contributed by atoms with van der Waals surface area (Å²) in [4.78, 5) is 21.6. The minimum atomic E-state index is -0.506. The highest BCUT2D eigenvalue weighted by Crippen LogP contribution is 2.32. The Morgan fingerprint density at radius 3 is 2.79 bits per heavy atom. The van der Waals surface area contributed by atoms with Gasteiger partial charge in [-0.25, -0.2) is 4.98 Å². The Morgan fingerprint density at radius 1 is 1.08 bits per heavy atom. The maximum atomic E-state index is 13.7. The fourth-order valence-corrected chi connectivity index (χ4v) is 4.79. The second kappa shape index (κ2) is 9.57. The van der Waals surface area contributed by atoms with Crippen molar-refractivity contribution in [2.45, 2.75) is 12.5 Å². The standard InChI is InChI=1S/C30H25N3O5/c1-37-21-7-8-26-23(13-21)24(14-27(33-26)29-12-17-11-20(35)6-9-28(17)38-29)30(36)32-19(16-34)10-18-15-31-25-5-3-2-4-22(18)25/h2-9,11-15,19,31,34-35H,10,16H2,1H3,(H,32,36)/t19-/m1/s1. The Labute approximate surface area is 217 Å². The molecule has 0 spiro atoms. The van der Waals surface area contributed by atoms with E-state index in [0.29, 0.717) is 45.7 Å². The summed E-state index contributed by atoms with van der Waals surface area (Å²) in [5.74, 6) is 0.848. The van der Waals surface area contributed by atoms with E-state index in [9.17, 15) is 15.0 Å². The number of furan rings is 1. The van der Waals surface area contributed by atoms with Gasteiger partial charge in [0.25, 0.3) is 5.91 Å². The predicted molar refractivity (Wildman–Crippen MR) is 146 cm³/mol. The van der Waals surface area contributed by atoms with Gasteiger partial charge in [-0.05, 0) is 66.6 Å². The largest absolute Gasteiger partial charge is 0.508 e. The van der Waals surface area contributed by atoms with Crippen LogP contribution < -0.4 is 10.1 Å². The number of hydrogen-bond acceptors (Lipinski definition) is 6. The van der Waals surface area contributed by atoms with Gasteiger partial charge in [0, 0.05) is 27.9 Å². The monoisotopic (exact) mass is 507 g/mol. The number of aromatic amines is 1. The molecule has 3 aromatic carbocycles. The highest BCUT2D eigenvalue weighted by molar-refractivity contribution is 6.07. The normalized spacial score (nSPS) is 12.3. The molecule has 0 unspecified atom stereocenters. The molecule has 0 saturated carbocycles. The number of methoxy groups -OCH3 is 1. The van der Waals surface area contributed by atoms with Crippen LogP contribution in [0.1, 0.15) is 15.9 Å². The minimum absolute atomic E-state index is 0.133. The third-order valence-electron chi connectivity index (χ3n) is 6.71. The number of nitrogens with zero attached hydrogens (tertiary/aromatic N) is 1. The van der Waals surface area contributed by atoms with Crippen molar-refractivity contribution >= 4 is 38.7 Å². The van der Waals surface area contributed by atoms with Gasteiger partial charge in [-0.3, -0.25) is 4.79 Å². The quantitative estimate of drug-likeness (QED) is 0.236. The number of fused-ring (bicyclic) bond motifs is 3. The first kappa shape index (κ1) is 23.6. The highest BCUT2D eigenvalue weighted by Gasteiger charge is 2.20. The van der Waals surface area contributed by atoms with Gasteiger partial charge in [-0.2, -0.15) is 0 Å². The van der Waals surface area contributed by atoms with Gasteiger partial charge in [0.05, 0.1) is 30.8 Å². The van der Waals surface area contributed by atoms with Crippen LogP contribution in [0.3, 0.4) is 0 Å². The van der Waals surface area contributed by atoms with Gasteiger partial charge in [0.2, 0.25) is 0 Å². The van der Waals surface area contributed by atoms with Crippen LogP contribution in [0.15, 0.2) is 83.4 Å². The third-order valence-corrected chi connectivity index (χ3v) is 6.71. The third kappa shape index (κ3) is 4.31. The summed E-state index contributed by atoms with van der Waals surface area (Å²) >= 11 is 0. The first-order valence-corrected chi connectivity index (χ1v) is 12.2. The molecule has 0 bridgehead atoms. The molecule has 0 saturated heterocycles. The van der Waals surface area contributed by atoms with E-state index in [4.69, 9.17) is 14.1 Å². The number of phenolic OH excluding ortho intramolecular Hbond substituents is 1. The molecule has 3 heterocycles. The molecule has 8 heteroatoms. The Bertz CT molecular complexity index is 1800. The van der Waals surface area contributed by atoms with Crippen molar-refractivity contribution in [3.8, 4) is 23.0 Å². The van der Waals surface area contributed by atoms with E-state index in [1.54, 1.807) is 55.6 Å². The lowest BCUT2D eigenvalue weighted by Gasteiger charge is -2.17. The second-order valence-corrected chi connectivity index (χ2v) is 9.19. The molecule has 4 N–H and O–H groups in total. The van der Waals surface area contributed by atoms with Crippen molar-refractivity contribution in [2.75, 3.05) is 13.7 Å². The van der Waals surface area contributed by atoms with Crippen LogP contribution in [0.25, 0.3) is 44.2 Å². The molecule has 190 valence electrons. The summed E-state index contributed by atoms with van der Waals surface area (Å²) in [6.07, 6.45) is 2.36. The first-order chi connectivity index (χ1) is 18.5. The molecule has 6 aromatic rings. The van der Waals surface area contributed by atoms with E-state index >= 15 is 0 Å². The molecule has 38 heavy (non-hydrogen) atoms. The fraction of sp³-hybridized carbons (Fsp3) is 0.133. The molecule has 8 nitrogen and oxygen atoms in total. The van der Waals surface area contributed by atoms with Crippen LogP contribution in [0.4, 0.5) is 0 Å². The number of aliphatic hydroxyl groups is 1. The van der Waals surface area contributed by atoms with E-state index in [1.165, 1.54) is 0 Å². The fourth-order valence-electron chi connectivity index (χ4n) is 4.79. The molecule has 1 amide bonds. The number of carbonyl (C=O) groups excluding carboxylic acids is 1. The molecule has 6 rings (SSSR count). The topological polar surface area (TPSA) is 121 Å². The van der Waals surface area contributed by atoms with Crippen molar-refractivity contribution in [1.29, 1.82) is 0 Å². The maximum Gasteiger partial charge on any atom is 0.252 e. The smallest absolute Gasteiger partial charge is 0.252 e. The Hall–Kier alpha value is -4.82. The summed E-state index contributed by atoms with van der Waals surface area (Å²) < 4.78 is 11.4. The number of carbonyl (C=O) groups is 1. The Kier molecular flexibility index (Phi) is 5.94. The molecule has 0 aliphatic heterocycles. The predicted octanol–water partition coefficient (Wildman–Crippen LogP) is 5.18. The van der Waals surface area contributed by atoms with Crippen molar-refractivity contribution in [1.82, 2.24) is 15.3 Å². The molecule has 1 atom stereocenters. The lowest BCUT2D eigenvalue weighted by molar-refractivity contribution is 0.0918. The number of amides is 1. The van der Waals surface area contributed by atoms with Crippen LogP contribution in [0.2, 0.25) is 0 Å². The van der Waals surface area contributed by atoms with Crippen LogP contribution in [-0.4, -0.2) is 45.8 Å². The maximum absolute atomic E-state index is 13.7. The van der Waals surface area contributed by atoms with Gasteiger partial charge in [-0.15, -0.1) is 0 Å². The molecular formula is C30H25N3O5. The van der Waals surface area contributed by atoms with Gasteiger partial charge < -0.3 is 29.7 Å². The van der Waals surface area contributed by atoms with Crippen LogP contribution in [0, 0.1) is 0 Å². The van der Waals surface area contributed by atoms with Crippen LogP contribution >= 0.6 is 0 Å². The van der Waals surface area contributed by atoms with E-state index in [1.807, 2.05) is 30.5 Å². The minimum Gasteiger partial charge on any atom is -0.508 e. The zero-order valence-corrected chi connectivity index (χ0v) is 20.6. The molecule has 0 aliphatic rings. The number of aromatic nitrogens is 2. The van der Waals surface area contributed by atoms with Crippen LogP contribution in [-0.2, 0) is 6.42 Å². The molecule has 0 aliphatic carbocycles. The van der Waals surface area contributed by atoms with Crippen LogP contribution in [0.5, 0.6) is 11.5 Å². The number of aliphatic hydroxyl groups excluding tert-OH is 1. The number of aromatic hydroxyl groups is 1. The summed E-state index contributed by atoms with van der Waals surface area (Å²) in [6.45, 7) is -0.225. The number of ether oxygens (including phenoxy) is 1. The van der Waals surface area contributed by atoms with Crippen molar-refractivity contribution in [3.05, 3.63) is 90.1 Å². The Balaban J connectivity index is 1.38. The van der Waals surface area contributed by atoms with Crippen molar-refractivity contribution in [3.63, 3.8) is 0 Å². The summed E-state index contributed by atoms with van der Waals surface area (Å²) in [5.41, 5.74) is 4.05. The summed E-state index contributed by atoms with van der Waals surface area (Å²) in [6, 6.07) is 21.1. The average Bonchev–Trinajstić information content (AvgIpc) is 3.55. The van der Waals surface area contributed by atoms with E-state index in [-0.39, 0.29) is 18.3 Å². The number of para-hydroxylation sites is 1. The lowest BCUT2D eigenvalue weighted by atomic mass is 10.0. The number of phenols is 1. The summed E-state index contributed by atoms with van der Waals surface area (Å²) in [5, 5.41) is 25.3. The number of benzene rings is 3. The Morgan fingerprint density at radius 2 is 1.95 bits per heavy atom. The van der Waals surface area contributed by atoms with E-state index in [2.05, 4.69) is 10.3 Å². The first-order valence-electron chi connectivity index (χ1n) is 12.2.